The summed E-state index contributed by atoms with van der Waals surface area (Å²) < 4.78 is 52.7. The number of hydrogen-bond acceptors (Lipinski definition) is 12. The van der Waals surface area contributed by atoms with E-state index >= 15 is 0 Å². The highest BCUT2D eigenvalue weighted by atomic mass is 16.7. The molecule has 0 aromatic heterocycles. The number of quaternary nitrogens is 2. The van der Waals surface area contributed by atoms with Crippen molar-refractivity contribution in [2.24, 2.45) is 0 Å². The Balaban J connectivity index is 1.06. The third-order valence-corrected chi connectivity index (χ3v) is 16.5. The van der Waals surface area contributed by atoms with E-state index in [-0.39, 0.29) is 59.3 Å². The van der Waals surface area contributed by atoms with Gasteiger partial charge in [-0.2, -0.15) is 0 Å². The topological polar surface area (TPSA) is 142 Å². The fraction of sp³-hybridized carbons (Fsp3) is 0.333. The normalized spacial score (nSPS) is 30.0. The average molecular weight is 945 g/mol. The third-order valence-electron chi connectivity index (χ3n) is 16.5. The van der Waals surface area contributed by atoms with Crippen LogP contribution in [-0.2, 0) is 60.5 Å². The maximum Gasteiger partial charge on any atom is 0.618 e. The van der Waals surface area contributed by atoms with Crippen molar-refractivity contribution in [2.75, 3.05) is 40.4 Å². The van der Waals surface area contributed by atoms with Crippen LogP contribution >= 0.6 is 0 Å². The van der Waals surface area contributed by atoms with Crippen LogP contribution in [0.3, 0.4) is 0 Å². The molecule has 0 radical (unpaired) electrons. The molecule has 4 atom stereocenters. The van der Waals surface area contributed by atoms with E-state index in [0.717, 1.165) is 58.4 Å². The quantitative estimate of drug-likeness (QED) is 0.124. The largest absolute Gasteiger partial charge is 0.618 e. The highest BCUT2D eigenvalue weighted by molar-refractivity contribution is 6.81. The summed E-state index contributed by atoms with van der Waals surface area (Å²) in [6.45, 7) is -5.56. The summed E-state index contributed by atoms with van der Waals surface area (Å²) in [5, 5.41) is 3.03. The Hall–Kier alpha value is -6.71. The number of carbonyl (C=O) groups is 4. The van der Waals surface area contributed by atoms with E-state index in [4.69, 9.17) is 37.6 Å². The molecule has 6 aromatic rings. The van der Waals surface area contributed by atoms with Crippen LogP contribution in [0.5, 0.6) is 11.5 Å². The molecule has 0 amide bonds. The van der Waals surface area contributed by atoms with E-state index < -0.39 is 37.3 Å². The van der Waals surface area contributed by atoms with Gasteiger partial charge in [0.05, 0.1) is 39.5 Å². The molecule has 0 spiro atoms. The molecule has 6 fully saturated rings. The molecule has 0 N–H and O–H groups in total. The summed E-state index contributed by atoms with van der Waals surface area (Å²) in [4.78, 5) is 56.4. The summed E-state index contributed by atoms with van der Waals surface area (Å²) in [6, 6.07) is 38.7. The van der Waals surface area contributed by atoms with E-state index in [9.17, 15) is 19.2 Å². The molecule has 70 heavy (non-hydrogen) atoms. The van der Waals surface area contributed by atoms with Gasteiger partial charge in [-0.1, -0.05) is 121 Å². The van der Waals surface area contributed by atoms with Crippen LogP contribution in [0.1, 0.15) is 49.7 Å². The average Bonchev–Trinajstić information content (AvgIpc) is 4.22. The Bertz CT molecular complexity index is 2850. The Kier molecular flexibility index (Phi) is 10.8. The first-order valence-electron chi connectivity index (χ1n) is 24.5. The summed E-state index contributed by atoms with van der Waals surface area (Å²) >= 11 is 0. The van der Waals surface area contributed by atoms with Crippen LogP contribution in [0.15, 0.2) is 121 Å². The fourth-order valence-electron chi connectivity index (χ4n) is 13.8. The molecule has 14 nitrogen and oxygen atoms in total. The fourth-order valence-corrected chi connectivity index (χ4v) is 13.8. The van der Waals surface area contributed by atoms with Crippen molar-refractivity contribution in [1.82, 2.24) is 0 Å². The van der Waals surface area contributed by atoms with Crippen molar-refractivity contribution >= 4 is 69.7 Å². The first kappa shape index (κ1) is 44.5. The molecule has 0 unspecified atom stereocenters. The molecular formula is C54H54B2N2O12. The SMILES string of the molecule is COc1c([B-]23OC(=O)C[N+]2([C@H]2CCC[C@@H]2OCc2ccccc2)CC(=O)O3)cc2ccccc2c1-c1c(OC)c([B-]23OC(=O)C[N+]2([C@H]2CCC[C@@H]2OCc2ccccc2)CC(=O)O3)cc2ccccc12. The lowest BCUT2D eigenvalue weighted by Crippen LogP contribution is -2.74. The number of hydrogen-bond donors (Lipinski definition) is 0. The zero-order chi connectivity index (χ0) is 47.8. The monoisotopic (exact) mass is 944 g/mol. The van der Waals surface area contributed by atoms with Gasteiger partial charge in [0.2, 0.25) is 0 Å². The van der Waals surface area contributed by atoms with Gasteiger partial charge in [-0.3, -0.25) is 19.2 Å². The summed E-state index contributed by atoms with van der Waals surface area (Å²) in [6.07, 6.45) is 3.89. The van der Waals surface area contributed by atoms with E-state index in [2.05, 4.69) is 0 Å². The maximum atomic E-state index is 14.1. The van der Waals surface area contributed by atoms with Crippen LogP contribution < -0.4 is 20.4 Å². The summed E-state index contributed by atoms with van der Waals surface area (Å²) in [7, 11) is 3.12. The lowest BCUT2D eigenvalue weighted by atomic mass is 9.57. The Morgan fingerprint density at radius 3 is 1.21 bits per heavy atom. The summed E-state index contributed by atoms with van der Waals surface area (Å²) in [5.41, 5.74) is 4.00. The minimum atomic E-state index is -2.97. The van der Waals surface area contributed by atoms with Gasteiger partial charge in [0.1, 0.15) is 49.9 Å². The molecule has 4 heterocycles. The maximum absolute atomic E-state index is 14.1. The van der Waals surface area contributed by atoms with E-state index in [1.807, 2.05) is 121 Å². The molecule has 4 aliphatic heterocycles. The van der Waals surface area contributed by atoms with E-state index in [0.29, 0.717) is 59.6 Å². The number of rotatable bonds is 13. The zero-order valence-corrected chi connectivity index (χ0v) is 39.3. The zero-order valence-electron chi connectivity index (χ0n) is 39.3. The van der Waals surface area contributed by atoms with Crippen molar-refractivity contribution < 1.29 is 65.5 Å². The second-order valence-electron chi connectivity index (χ2n) is 20.0. The predicted molar refractivity (Wildman–Crippen MR) is 260 cm³/mol. The Morgan fingerprint density at radius 2 is 0.843 bits per heavy atom. The van der Waals surface area contributed by atoms with Crippen LogP contribution in [0.25, 0.3) is 32.7 Å². The minimum Gasteiger partial charge on any atom is -0.596 e. The lowest BCUT2D eigenvalue weighted by Gasteiger charge is -2.50. The number of nitrogens with zero attached hydrogens (tertiary/aromatic N) is 2. The lowest BCUT2D eigenvalue weighted by molar-refractivity contribution is -0.843. The van der Waals surface area contributed by atoms with Crippen molar-refractivity contribution in [3.8, 4) is 22.6 Å². The molecule has 2 saturated carbocycles. The second-order valence-corrected chi connectivity index (χ2v) is 20.0. The molecule has 2 aliphatic carbocycles. The standard InChI is InChI=1S/C54H54B2N2O12/c1-63-53-41(55-57(29-47(59)67-55,30-48(60)68-55)43-23-13-25-45(43)65-33-35-15-5-3-6-16-35)27-37-19-9-11-21-39(37)51(53)52-40-22-12-10-20-38(40)28-42(54(52)64-2)56-58(31-49(61)69-56,32-50(62)70-56)44-24-14-26-46(44)66-34-36-17-7-4-8-18-36/h3-12,15-22,27-28,43-46H,13-14,23-26,29-34H2,1-2H3/t43-,44-,45-,46-,55?,56?,57?,58?/m0/s1. The Labute approximate surface area is 405 Å². The van der Waals surface area contributed by atoms with Gasteiger partial charge >= 0.3 is 37.3 Å². The highest BCUT2D eigenvalue weighted by Gasteiger charge is 2.74. The number of fused-ring (bicyclic) bond motifs is 4. The van der Waals surface area contributed by atoms with Gasteiger partial charge in [0.25, 0.3) is 0 Å². The molecule has 6 aliphatic rings. The minimum absolute atomic E-state index is 0.0871. The van der Waals surface area contributed by atoms with Gasteiger partial charge < -0.3 is 46.4 Å². The van der Waals surface area contributed by atoms with Crippen LogP contribution in [-0.4, -0.2) is 111 Å². The first-order chi connectivity index (χ1) is 34.1. The van der Waals surface area contributed by atoms with Gasteiger partial charge in [-0.15, -0.1) is 0 Å². The van der Waals surface area contributed by atoms with Crippen LogP contribution in [0.4, 0.5) is 0 Å². The van der Waals surface area contributed by atoms with Crippen molar-refractivity contribution in [1.29, 1.82) is 0 Å². The van der Waals surface area contributed by atoms with Crippen molar-refractivity contribution in [3.63, 3.8) is 0 Å². The van der Waals surface area contributed by atoms with Crippen LogP contribution in [0, 0.1) is 0 Å². The molecular weight excluding hydrogens is 890 g/mol. The van der Waals surface area contributed by atoms with Crippen LogP contribution in [0.2, 0.25) is 0 Å². The molecule has 4 saturated heterocycles. The van der Waals surface area contributed by atoms with Gasteiger partial charge in [-0.25, -0.2) is 0 Å². The number of ether oxygens (including phenoxy) is 4. The van der Waals surface area contributed by atoms with Crippen molar-refractivity contribution in [3.05, 3.63) is 132 Å². The van der Waals surface area contributed by atoms with Gasteiger partial charge in [0, 0.05) is 11.1 Å². The van der Waals surface area contributed by atoms with E-state index in [1.54, 1.807) is 14.2 Å². The predicted octanol–water partition coefficient (Wildman–Crippen LogP) is 6.11. The van der Waals surface area contributed by atoms with Gasteiger partial charge in [0.15, 0.2) is 0 Å². The third kappa shape index (κ3) is 6.63. The van der Waals surface area contributed by atoms with Crippen molar-refractivity contribution in [2.45, 2.75) is 76.0 Å². The summed E-state index contributed by atoms with van der Waals surface area (Å²) in [5.74, 6) is -1.31. The number of benzene rings is 6. The first-order valence-corrected chi connectivity index (χ1v) is 24.5. The van der Waals surface area contributed by atoms with Gasteiger partial charge in [-0.05, 0) is 82.1 Å². The molecule has 358 valence electrons. The second kappa shape index (κ2) is 17.0. The highest BCUT2D eigenvalue weighted by Crippen LogP contribution is 2.52. The number of methoxy groups -OCH3 is 2. The molecule has 16 heteroatoms. The Morgan fingerprint density at radius 1 is 0.486 bits per heavy atom. The molecule has 0 bridgehead atoms. The molecule has 12 rings (SSSR count). The smallest absolute Gasteiger partial charge is 0.596 e. The van der Waals surface area contributed by atoms with E-state index in [1.165, 1.54) is 0 Å². The number of carbonyl (C=O) groups excluding carboxylic acids is 4. The molecule has 6 aromatic carbocycles.